The minimum Gasteiger partial charge on any atom is -0.395 e. The van der Waals surface area contributed by atoms with E-state index < -0.39 is 0 Å². The SMILES string of the molecule is CC(CO)N(C)CCc1cccc(Cl)c1Cl. The van der Waals surface area contributed by atoms with Gasteiger partial charge in [0, 0.05) is 12.6 Å². The lowest BCUT2D eigenvalue weighted by Gasteiger charge is -2.22. The van der Waals surface area contributed by atoms with Gasteiger partial charge in [-0.25, -0.2) is 0 Å². The molecule has 0 radical (unpaired) electrons. The van der Waals surface area contributed by atoms with E-state index in [0.717, 1.165) is 18.5 Å². The Balaban J connectivity index is 2.58. The molecule has 1 rings (SSSR count). The fourth-order valence-corrected chi connectivity index (χ4v) is 1.81. The number of halogens is 2. The van der Waals surface area contributed by atoms with Crippen LogP contribution in [0.4, 0.5) is 0 Å². The highest BCUT2D eigenvalue weighted by Gasteiger charge is 2.09. The Morgan fingerprint density at radius 1 is 1.38 bits per heavy atom. The maximum absolute atomic E-state index is 9.01. The lowest BCUT2D eigenvalue weighted by atomic mass is 10.1. The summed E-state index contributed by atoms with van der Waals surface area (Å²) >= 11 is 12.0. The molecule has 0 bridgehead atoms. The highest BCUT2D eigenvalue weighted by atomic mass is 35.5. The summed E-state index contributed by atoms with van der Waals surface area (Å²) < 4.78 is 0. The molecule has 0 saturated heterocycles. The van der Waals surface area contributed by atoms with Gasteiger partial charge in [0.2, 0.25) is 0 Å². The van der Waals surface area contributed by atoms with Crippen LogP contribution >= 0.6 is 23.2 Å². The molecular weight excluding hydrogens is 245 g/mol. The number of likely N-dealkylation sites (N-methyl/N-ethyl adjacent to an activating group) is 1. The van der Waals surface area contributed by atoms with Crippen LogP contribution in [0.1, 0.15) is 12.5 Å². The minimum atomic E-state index is 0.165. The second-order valence-corrected chi connectivity index (χ2v) is 4.76. The molecule has 16 heavy (non-hydrogen) atoms. The Kier molecular flexibility index (Phi) is 5.56. The summed E-state index contributed by atoms with van der Waals surface area (Å²) in [5.74, 6) is 0. The Bertz CT molecular complexity index is 344. The van der Waals surface area contributed by atoms with Gasteiger partial charge in [-0.15, -0.1) is 0 Å². The maximum Gasteiger partial charge on any atom is 0.0624 e. The first kappa shape index (κ1) is 13.8. The average molecular weight is 262 g/mol. The van der Waals surface area contributed by atoms with Gasteiger partial charge in [0.1, 0.15) is 0 Å². The van der Waals surface area contributed by atoms with E-state index in [1.165, 1.54) is 0 Å². The molecule has 4 heteroatoms. The van der Waals surface area contributed by atoms with Gasteiger partial charge in [0.05, 0.1) is 16.7 Å². The van der Waals surface area contributed by atoms with E-state index >= 15 is 0 Å². The molecule has 0 aliphatic rings. The number of aliphatic hydroxyl groups excluding tert-OH is 1. The maximum atomic E-state index is 9.01. The molecule has 0 spiro atoms. The molecule has 0 aliphatic carbocycles. The number of aliphatic hydroxyl groups is 1. The molecule has 0 amide bonds. The molecule has 0 saturated carbocycles. The van der Waals surface area contributed by atoms with Crippen LogP contribution in [0.3, 0.4) is 0 Å². The first-order valence-electron chi connectivity index (χ1n) is 5.30. The van der Waals surface area contributed by atoms with Crippen molar-refractivity contribution in [3.63, 3.8) is 0 Å². The zero-order chi connectivity index (χ0) is 12.1. The van der Waals surface area contributed by atoms with E-state index in [-0.39, 0.29) is 12.6 Å². The van der Waals surface area contributed by atoms with E-state index in [0.29, 0.717) is 10.0 Å². The molecule has 0 heterocycles. The van der Waals surface area contributed by atoms with Crippen LogP contribution in [0.25, 0.3) is 0 Å². The summed E-state index contributed by atoms with van der Waals surface area (Å²) in [6, 6.07) is 5.83. The van der Waals surface area contributed by atoms with Crippen molar-refractivity contribution in [1.82, 2.24) is 4.90 Å². The highest BCUT2D eigenvalue weighted by Crippen LogP contribution is 2.25. The van der Waals surface area contributed by atoms with Crippen LogP contribution in [0.2, 0.25) is 10.0 Å². The smallest absolute Gasteiger partial charge is 0.0624 e. The van der Waals surface area contributed by atoms with E-state index in [2.05, 4.69) is 4.90 Å². The normalized spacial score (nSPS) is 13.1. The lowest BCUT2D eigenvalue weighted by molar-refractivity contribution is 0.160. The zero-order valence-corrected chi connectivity index (χ0v) is 11.1. The van der Waals surface area contributed by atoms with Gasteiger partial charge in [-0.1, -0.05) is 35.3 Å². The van der Waals surface area contributed by atoms with Crippen LogP contribution in [-0.4, -0.2) is 36.2 Å². The van der Waals surface area contributed by atoms with Gasteiger partial charge in [-0.05, 0) is 32.0 Å². The summed E-state index contributed by atoms with van der Waals surface area (Å²) in [5, 5.41) is 10.2. The number of benzene rings is 1. The quantitative estimate of drug-likeness (QED) is 0.882. The zero-order valence-electron chi connectivity index (χ0n) is 9.58. The van der Waals surface area contributed by atoms with Crippen molar-refractivity contribution in [3.8, 4) is 0 Å². The number of rotatable bonds is 5. The Morgan fingerprint density at radius 2 is 2.06 bits per heavy atom. The van der Waals surface area contributed by atoms with Crippen molar-refractivity contribution in [1.29, 1.82) is 0 Å². The lowest BCUT2D eigenvalue weighted by Crippen LogP contribution is -2.33. The molecule has 2 nitrogen and oxygen atoms in total. The predicted octanol–water partition coefficient (Wildman–Crippen LogP) is 2.85. The minimum absolute atomic E-state index is 0.165. The van der Waals surface area contributed by atoms with E-state index in [1.54, 1.807) is 6.07 Å². The van der Waals surface area contributed by atoms with Crippen molar-refractivity contribution >= 4 is 23.2 Å². The van der Waals surface area contributed by atoms with Crippen LogP contribution in [-0.2, 0) is 6.42 Å². The van der Waals surface area contributed by atoms with Crippen molar-refractivity contribution in [3.05, 3.63) is 33.8 Å². The van der Waals surface area contributed by atoms with Crippen LogP contribution in [0, 0.1) is 0 Å². The van der Waals surface area contributed by atoms with Crippen molar-refractivity contribution < 1.29 is 5.11 Å². The topological polar surface area (TPSA) is 23.5 Å². The number of nitrogens with zero attached hydrogens (tertiary/aromatic N) is 1. The first-order valence-corrected chi connectivity index (χ1v) is 6.05. The van der Waals surface area contributed by atoms with Gasteiger partial charge in [-0.3, -0.25) is 0 Å². The Hall–Kier alpha value is -0.280. The van der Waals surface area contributed by atoms with Crippen LogP contribution in [0.15, 0.2) is 18.2 Å². The Labute approximate surface area is 107 Å². The fourth-order valence-electron chi connectivity index (χ4n) is 1.40. The third-order valence-electron chi connectivity index (χ3n) is 2.78. The van der Waals surface area contributed by atoms with Gasteiger partial charge < -0.3 is 10.0 Å². The first-order chi connectivity index (χ1) is 7.56. The molecule has 0 fully saturated rings. The summed E-state index contributed by atoms with van der Waals surface area (Å²) in [6.45, 7) is 3.00. The van der Waals surface area contributed by atoms with Gasteiger partial charge >= 0.3 is 0 Å². The van der Waals surface area contributed by atoms with Gasteiger partial charge in [-0.2, -0.15) is 0 Å². The van der Waals surface area contributed by atoms with E-state index in [9.17, 15) is 0 Å². The average Bonchev–Trinajstić information content (AvgIpc) is 2.29. The van der Waals surface area contributed by atoms with Crippen molar-refractivity contribution in [2.24, 2.45) is 0 Å². The van der Waals surface area contributed by atoms with Gasteiger partial charge in [0.15, 0.2) is 0 Å². The second-order valence-electron chi connectivity index (χ2n) is 3.98. The summed E-state index contributed by atoms with van der Waals surface area (Å²) in [5.41, 5.74) is 1.05. The van der Waals surface area contributed by atoms with Crippen molar-refractivity contribution in [2.75, 3.05) is 20.2 Å². The molecule has 1 aromatic carbocycles. The molecule has 1 atom stereocenters. The summed E-state index contributed by atoms with van der Waals surface area (Å²) in [7, 11) is 1.99. The fraction of sp³-hybridized carbons (Fsp3) is 0.500. The largest absolute Gasteiger partial charge is 0.395 e. The molecule has 0 aliphatic heterocycles. The van der Waals surface area contributed by atoms with Gasteiger partial charge in [0.25, 0.3) is 0 Å². The molecule has 1 N–H and O–H groups in total. The van der Waals surface area contributed by atoms with Crippen LogP contribution < -0.4 is 0 Å². The van der Waals surface area contributed by atoms with Crippen LogP contribution in [0.5, 0.6) is 0 Å². The monoisotopic (exact) mass is 261 g/mol. The van der Waals surface area contributed by atoms with Crippen molar-refractivity contribution in [2.45, 2.75) is 19.4 Å². The molecular formula is C12H17Cl2NO. The molecule has 1 unspecified atom stereocenters. The Morgan fingerprint density at radius 3 is 2.69 bits per heavy atom. The third-order valence-corrected chi connectivity index (χ3v) is 3.64. The summed E-state index contributed by atoms with van der Waals surface area (Å²) in [4.78, 5) is 2.09. The predicted molar refractivity (Wildman–Crippen MR) is 69.3 cm³/mol. The standard InChI is InChI=1S/C12H17Cl2NO/c1-9(8-16)15(2)7-6-10-4-3-5-11(13)12(10)14/h3-5,9,16H,6-8H2,1-2H3. The van der Waals surface area contributed by atoms with E-state index in [1.807, 2.05) is 26.1 Å². The summed E-state index contributed by atoms with van der Waals surface area (Å²) in [6.07, 6.45) is 0.834. The highest BCUT2D eigenvalue weighted by molar-refractivity contribution is 6.42. The molecule has 0 aromatic heterocycles. The number of hydrogen-bond acceptors (Lipinski definition) is 2. The molecule has 1 aromatic rings. The van der Waals surface area contributed by atoms with E-state index in [4.69, 9.17) is 28.3 Å². The molecule has 90 valence electrons. The second kappa shape index (κ2) is 6.45. The number of hydrogen-bond donors (Lipinski definition) is 1. The third kappa shape index (κ3) is 3.63.